The first kappa shape index (κ1) is 22.4. The van der Waals surface area contributed by atoms with Crippen LogP contribution in [0.3, 0.4) is 0 Å². The van der Waals surface area contributed by atoms with Crippen LogP contribution in [0.4, 0.5) is 0 Å². The van der Waals surface area contributed by atoms with Gasteiger partial charge in [-0.05, 0) is 70.7 Å². The molecule has 6 heteroatoms. The zero-order chi connectivity index (χ0) is 19.3. The Labute approximate surface area is 167 Å². The largest absolute Gasteiger partial charge is 0.356 e. The van der Waals surface area contributed by atoms with E-state index in [2.05, 4.69) is 44.2 Å². The molecule has 2 heterocycles. The summed E-state index contributed by atoms with van der Waals surface area (Å²) in [5.74, 6) is 1.88. The van der Waals surface area contributed by atoms with Gasteiger partial charge in [0.15, 0.2) is 5.96 Å². The van der Waals surface area contributed by atoms with Gasteiger partial charge in [-0.25, -0.2) is 0 Å². The van der Waals surface area contributed by atoms with Crippen molar-refractivity contribution in [1.29, 1.82) is 0 Å². The number of aliphatic imine (C=N–C) groups is 1. The van der Waals surface area contributed by atoms with Crippen LogP contribution in [0.2, 0.25) is 0 Å². The Balaban J connectivity index is 1.43. The first-order valence-corrected chi connectivity index (χ1v) is 11.3. The number of hydrogen-bond acceptors (Lipinski definition) is 4. The van der Waals surface area contributed by atoms with E-state index in [4.69, 9.17) is 0 Å². The summed E-state index contributed by atoms with van der Waals surface area (Å²) in [4.78, 5) is 12.1. The van der Waals surface area contributed by atoms with Crippen LogP contribution in [0.5, 0.6) is 0 Å². The molecular formula is C21H44N6. The molecule has 27 heavy (non-hydrogen) atoms. The summed E-state index contributed by atoms with van der Waals surface area (Å²) in [6, 6.07) is 0. The lowest BCUT2D eigenvalue weighted by Crippen LogP contribution is -2.46. The third-order valence-corrected chi connectivity index (χ3v) is 6.15. The number of hydrogen-bond donors (Lipinski definition) is 2. The minimum atomic E-state index is 0.920. The van der Waals surface area contributed by atoms with Crippen LogP contribution < -0.4 is 10.6 Å². The molecule has 0 amide bonds. The second kappa shape index (κ2) is 13.3. The third-order valence-electron chi connectivity index (χ3n) is 6.15. The summed E-state index contributed by atoms with van der Waals surface area (Å²) in [6.45, 7) is 17.8. The average molecular weight is 381 g/mol. The smallest absolute Gasteiger partial charge is 0.190 e. The van der Waals surface area contributed by atoms with E-state index >= 15 is 0 Å². The van der Waals surface area contributed by atoms with Crippen LogP contribution in [0.15, 0.2) is 4.99 Å². The van der Waals surface area contributed by atoms with Crippen molar-refractivity contribution in [3.05, 3.63) is 0 Å². The van der Waals surface area contributed by atoms with E-state index in [1.54, 1.807) is 0 Å². The minimum Gasteiger partial charge on any atom is -0.356 e. The molecule has 0 spiro atoms. The van der Waals surface area contributed by atoms with Crippen molar-refractivity contribution in [3.63, 3.8) is 0 Å². The summed E-state index contributed by atoms with van der Waals surface area (Å²) in [5.41, 5.74) is 0. The number of likely N-dealkylation sites (tertiary alicyclic amines) is 1. The Hall–Kier alpha value is -0.850. The summed E-state index contributed by atoms with van der Waals surface area (Å²) < 4.78 is 0. The molecule has 6 nitrogen and oxygen atoms in total. The molecule has 2 N–H and O–H groups in total. The molecule has 2 rings (SSSR count). The molecule has 158 valence electrons. The number of unbranched alkanes of at least 4 members (excludes halogenated alkanes) is 1. The van der Waals surface area contributed by atoms with Crippen LogP contribution in [-0.2, 0) is 0 Å². The van der Waals surface area contributed by atoms with Gasteiger partial charge in [-0.2, -0.15) is 0 Å². The maximum Gasteiger partial charge on any atom is 0.190 e. The Morgan fingerprint density at radius 3 is 2.00 bits per heavy atom. The summed E-state index contributed by atoms with van der Waals surface area (Å²) in [7, 11) is 1.87. The Morgan fingerprint density at radius 1 is 0.815 bits per heavy atom. The van der Waals surface area contributed by atoms with Crippen molar-refractivity contribution < 1.29 is 0 Å². The highest BCUT2D eigenvalue weighted by molar-refractivity contribution is 5.79. The topological polar surface area (TPSA) is 46.1 Å². The van der Waals surface area contributed by atoms with Crippen molar-refractivity contribution in [3.8, 4) is 0 Å². The van der Waals surface area contributed by atoms with Crippen LogP contribution in [-0.4, -0.2) is 99.7 Å². The second-order valence-electron chi connectivity index (χ2n) is 8.29. The quantitative estimate of drug-likeness (QED) is 0.343. The predicted molar refractivity (Wildman–Crippen MR) is 117 cm³/mol. The summed E-state index contributed by atoms with van der Waals surface area (Å²) >= 11 is 0. The molecule has 0 aromatic heterocycles. The van der Waals surface area contributed by atoms with E-state index in [1.165, 1.54) is 91.0 Å². The molecule has 2 aliphatic rings. The van der Waals surface area contributed by atoms with Crippen molar-refractivity contribution >= 4 is 5.96 Å². The van der Waals surface area contributed by atoms with Crippen molar-refractivity contribution in [2.24, 2.45) is 10.9 Å². The van der Waals surface area contributed by atoms with Gasteiger partial charge in [0.05, 0.1) is 0 Å². The van der Waals surface area contributed by atoms with E-state index < -0.39 is 0 Å². The Kier molecular flexibility index (Phi) is 11.1. The van der Waals surface area contributed by atoms with E-state index in [0.717, 1.165) is 25.0 Å². The van der Waals surface area contributed by atoms with E-state index in [9.17, 15) is 0 Å². The molecule has 0 unspecified atom stereocenters. The zero-order valence-electron chi connectivity index (χ0n) is 18.2. The third kappa shape index (κ3) is 9.26. The number of piperazine rings is 1. The number of guanidine groups is 1. The monoisotopic (exact) mass is 380 g/mol. The van der Waals surface area contributed by atoms with Crippen LogP contribution in [0.1, 0.15) is 46.0 Å². The molecule has 0 bridgehead atoms. The van der Waals surface area contributed by atoms with Crippen LogP contribution >= 0.6 is 0 Å². The first-order valence-electron chi connectivity index (χ1n) is 11.3. The van der Waals surface area contributed by atoms with Gasteiger partial charge in [0.25, 0.3) is 0 Å². The lowest BCUT2D eigenvalue weighted by molar-refractivity contribution is 0.136. The second-order valence-corrected chi connectivity index (χ2v) is 8.29. The fraction of sp³-hybridized carbons (Fsp3) is 0.952. The lowest BCUT2D eigenvalue weighted by atomic mass is 9.99. The average Bonchev–Trinajstić information content (AvgIpc) is 2.71. The Morgan fingerprint density at radius 2 is 1.37 bits per heavy atom. The van der Waals surface area contributed by atoms with Gasteiger partial charge < -0.3 is 25.3 Å². The number of piperidine rings is 1. The maximum atomic E-state index is 4.35. The van der Waals surface area contributed by atoms with E-state index in [1.807, 2.05) is 7.05 Å². The fourth-order valence-corrected chi connectivity index (χ4v) is 4.01. The van der Waals surface area contributed by atoms with Gasteiger partial charge in [-0.1, -0.05) is 13.8 Å². The number of likely N-dealkylation sites (N-methyl/N-ethyl adjacent to an activating group) is 1. The first-order chi connectivity index (χ1) is 13.2. The molecule has 2 fully saturated rings. The Bertz CT molecular complexity index is 397. The molecule has 0 radical (unpaired) electrons. The molecule has 0 aromatic carbocycles. The molecule has 0 aromatic rings. The van der Waals surface area contributed by atoms with Gasteiger partial charge >= 0.3 is 0 Å². The number of rotatable bonds is 10. The summed E-state index contributed by atoms with van der Waals surface area (Å²) in [6.07, 6.45) is 6.40. The molecule has 0 saturated carbocycles. The van der Waals surface area contributed by atoms with Gasteiger partial charge in [-0.3, -0.25) is 4.99 Å². The lowest BCUT2D eigenvalue weighted by Gasteiger charge is -2.34. The predicted octanol–water partition coefficient (Wildman–Crippen LogP) is 1.69. The SMILES string of the molecule is CCN1CCN(CCCCNC(=NC)NCCCN2CCC(C)CC2)CC1. The van der Waals surface area contributed by atoms with Crippen LogP contribution in [0.25, 0.3) is 0 Å². The van der Waals surface area contributed by atoms with Crippen molar-refractivity contribution in [2.75, 3.05) is 79.0 Å². The van der Waals surface area contributed by atoms with Gasteiger partial charge in [0.2, 0.25) is 0 Å². The molecule has 0 atom stereocenters. The highest BCUT2D eigenvalue weighted by Crippen LogP contribution is 2.15. The highest BCUT2D eigenvalue weighted by atomic mass is 15.3. The van der Waals surface area contributed by atoms with Gasteiger partial charge in [-0.15, -0.1) is 0 Å². The normalized spacial score (nSPS) is 21.5. The summed E-state index contributed by atoms with van der Waals surface area (Å²) in [5, 5.41) is 6.93. The highest BCUT2D eigenvalue weighted by Gasteiger charge is 2.15. The van der Waals surface area contributed by atoms with Crippen molar-refractivity contribution in [1.82, 2.24) is 25.3 Å². The number of nitrogens with one attached hydrogen (secondary N) is 2. The zero-order valence-corrected chi connectivity index (χ0v) is 18.2. The molecule has 2 saturated heterocycles. The molecule has 2 aliphatic heterocycles. The minimum absolute atomic E-state index is 0.920. The maximum absolute atomic E-state index is 4.35. The van der Waals surface area contributed by atoms with E-state index in [0.29, 0.717) is 0 Å². The van der Waals surface area contributed by atoms with Crippen LogP contribution in [0, 0.1) is 5.92 Å². The molecule has 0 aliphatic carbocycles. The van der Waals surface area contributed by atoms with Crippen molar-refractivity contribution in [2.45, 2.75) is 46.0 Å². The van der Waals surface area contributed by atoms with Gasteiger partial charge in [0.1, 0.15) is 0 Å². The number of nitrogens with zero attached hydrogens (tertiary/aromatic N) is 4. The standard InChI is InChI=1S/C21H44N6/c1-4-25-16-18-27(19-17-25)12-6-5-10-23-21(22-3)24-11-7-13-26-14-8-20(2)9-15-26/h20H,4-19H2,1-3H3,(H2,22,23,24). The molecular weight excluding hydrogens is 336 g/mol. The van der Waals surface area contributed by atoms with E-state index in [-0.39, 0.29) is 0 Å². The van der Waals surface area contributed by atoms with Gasteiger partial charge in [0, 0.05) is 46.3 Å². The fourth-order valence-electron chi connectivity index (χ4n) is 4.01.